The molecule has 5 nitrogen and oxygen atoms in total. The summed E-state index contributed by atoms with van der Waals surface area (Å²) >= 11 is 1.64. The van der Waals surface area contributed by atoms with E-state index in [1.807, 2.05) is 30.5 Å². The molecule has 2 aromatic rings. The molecule has 29 heavy (non-hydrogen) atoms. The van der Waals surface area contributed by atoms with Crippen molar-refractivity contribution >= 4 is 27.7 Å². The summed E-state index contributed by atoms with van der Waals surface area (Å²) in [6.45, 7) is 1.14. The van der Waals surface area contributed by atoms with Gasteiger partial charge in [-0.3, -0.25) is 4.79 Å². The zero-order chi connectivity index (χ0) is 21.0. The van der Waals surface area contributed by atoms with Gasteiger partial charge in [0.1, 0.15) is 10.7 Å². The second-order valence-corrected chi connectivity index (χ2v) is 9.91. The van der Waals surface area contributed by atoms with E-state index < -0.39 is 20.7 Å². The second-order valence-electron chi connectivity index (χ2n) is 7.12. The highest BCUT2D eigenvalue weighted by Gasteiger charge is 2.29. The van der Waals surface area contributed by atoms with Crippen LogP contribution in [0.15, 0.2) is 52.3 Å². The fourth-order valence-corrected chi connectivity index (χ4v) is 5.39. The van der Waals surface area contributed by atoms with Gasteiger partial charge in [0.2, 0.25) is 10.0 Å². The van der Waals surface area contributed by atoms with E-state index in [1.54, 1.807) is 18.8 Å². The van der Waals surface area contributed by atoms with Crippen LogP contribution in [0.25, 0.3) is 0 Å². The summed E-state index contributed by atoms with van der Waals surface area (Å²) in [7, 11) is -2.31. The maximum Gasteiger partial charge on any atom is 0.253 e. The van der Waals surface area contributed by atoms with Gasteiger partial charge in [-0.25, -0.2) is 12.8 Å². The van der Waals surface area contributed by atoms with Gasteiger partial charge >= 0.3 is 0 Å². The molecule has 0 bridgehead atoms. The third-order valence-corrected chi connectivity index (χ3v) is 7.69. The van der Waals surface area contributed by atoms with E-state index in [1.165, 1.54) is 15.3 Å². The van der Waals surface area contributed by atoms with Crippen LogP contribution in [-0.2, 0) is 16.6 Å². The van der Waals surface area contributed by atoms with Crippen LogP contribution < -0.4 is 0 Å². The van der Waals surface area contributed by atoms with Gasteiger partial charge < -0.3 is 4.90 Å². The lowest BCUT2D eigenvalue weighted by Gasteiger charge is -2.26. The van der Waals surface area contributed by atoms with Gasteiger partial charge in [0.25, 0.3) is 5.91 Å². The van der Waals surface area contributed by atoms with Crippen molar-refractivity contribution in [2.75, 3.05) is 26.4 Å². The van der Waals surface area contributed by atoms with Gasteiger partial charge in [-0.05, 0) is 55.0 Å². The number of amides is 1. The number of hydrogen-bond donors (Lipinski definition) is 0. The van der Waals surface area contributed by atoms with Crippen molar-refractivity contribution in [3.05, 3.63) is 59.4 Å². The number of halogens is 1. The molecule has 1 amide bonds. The Kier molecular flexibility index (Phi) is 6.97. The maximum absolute atomic E-state index is 14.4. The quantitative estimate of drug-likeness (QED) is 0.643. The third kappa shape index (κ3) is 4.99. The molecule has 1 aliphatic heterocycles. The lowest BCUT2D eigenvalue weighted by atomic mass is 10.1. The van der Waals surface area contributed by atoms with E-state index in [4.69, 9.17) is 0 Å². The molecule has 0 radical (unpaired) electrons. The topological polar surface area (TPSA) is 57.7 Å². The molecule has 2 aromatic carbocycles. The van der Waals surface area contributed by atoms with E-state index >= 15 is 0 Å². The molecule has 1 fully saturated rings. The molecule has 8 heteroatoms. The van der Waals surface area contributed by atoms with E-state index in [-0.39, 0.29) is 11.5 Å². The standard InChI is InChI=1S/C21H25FN2O3S2/c1-23(15-16-6-9-18(28-2)10-7-16)21(25)17-8-11-19(22)20(14-17)29(26,27)24-12-4-3-5-13-24/h6-11,14H,3-5,12-13,15H2,1-2H3. The van der Waals surface area contributed by atoms with Gasteiger partial charge in [0, 0.05) is 37.1 Å². The molecule has 0 unspecified atom stereocenters. The zero-order valence-corrected chi connectivity index (χ0v) is 18.2. The van der Waals surface area contributed by atoms with Crippen molar-refractivity contribution < 1.29 is 17.6 Å². The summed E-state index contributed by atoms with van der Waals surface area (Å²) < 4.78 is 41.4. The first-order valence-electron chi connectivity index (χ1n) is 9.51. The number of nitrogens with zero attached hydrogens (tertiary/aromatic N) is 2. The first-order valence-corrected chi connectivity index (χ1v) is 12.2. The SMILES string of the molecule is CSc1ccc(CN(C)C(=O)c2ccc(F)c(S(=O)(=O)N3CCCCC3)c2)cc1. The molecule has 1 saturated heterocycles. The van der Waals surface area contributed by atoms with Crippen LogP contribution in [0, 0.1) is 5.82 Å². The highest BCUT2D eigenvalue weighted by atomic mass is 32.2. The predicted octanol–water partition coefficient (Wildman–Crippen LogP) is 3.99. The average molecular weight is 437 g/mol. The molecule has 3 rings (SSSR count). The van der Waals surface area contributed by atoms with Gasteiger partial charge in [-0.15, -0.1) is 11.8 Å². The first kappa shape index (κ1) is 21.8. The minimum Gasteiger partial charge on any atom is -0.337 e. The van der Waals surface area contributed by atoms with Crippen molar-refractivity contribution in [1.82, 2.24) is 9.21 Å². The largest absolute Gasteiger partial charge is 0.337 e. The van der Waals surface area contributed by atoms with Crippen molar-refractivity contribution in [3.8, 4) is 0 Å². The van der Waals surface area contributed by atoms with Gasteiger partial charge in [0.05, 0.1) is 0 Å². The Bertz CT molecular complexity index is 972. The average Bonchev–Trinajstić information content (AvgIpc) is 2.74. The number of carbonyl (C=O) groups is 1. The number of piperidine rings is 1. The molecule has 0 N–H and O–H groups in total. The van der Waals surface area contributed by atoms with Crippen LogP contribution in [-0.4, -0.2) is 49.9 Å². The number of rotatable bonds is 6. The minimum absolute atomic E-state index is 0.158. The van der Waals surface area contributed by atoms with Crippen LogP contribution in [0.5, 0.6) is 0 Å². The minimum atomic E-state index is -3.96. The Morgan fingerprint density at radius 2 is 1.76 bits per heavy atom. The first-order chi connectivity index (χ1) is 13.8. The summed E-state index contributed by atoms with van der Waals surface area (Å²) in [6.07, 6.45) is 4.49. The molecule has 0 atom stereocenters. The van der Waals surface area contributed by atoms with Crippen molar-refractivity contribution in [2.45, 2.75) is 35.6 Å². The van der Waals surface area contributed by atoms with E-state index in [0.29, 0.717) is 19.6 Å². The summed E-state index contributed by atoms with van der Waals surface area (Å²) in [5, 5.41) is 0. The number of carbonyl (C=O) groups excluding carboxylic acids is 1. The number of hydrogen-bond acceptors (Lipinski definition) is 4. The maximum atomic E-state index is 14.4. The summed E-state index contributed by atoms with van der Waals surface area (Å²) in [6, 6.07) is 11.4. The van der Waals surface area contributed by atoms with Crippen LogP contribution in [0.2, 0.25) is 0 Å². The molecule has 1 heterocycles. The zero-order valence-electron chi connectivity index (χ0n) is 16.6. The molecule has 156 valence electrons. The number of sulfonamides is 1. The van der Waals surface area contributed by atoms with Gasteiger partial charge in [-0.2, -0.15) is 4.31 Å². The highest BCUT2D eigenvalue weighted by molar-refractivity contribution is 7.98. The predicted molar refractivity (Wildman–Crippen MR) is 113 cm³/mol. The highest BCUT2D eigenvalue weighted by Crippen LogP contribution is 2.24. The Hall–Kier alpha value is -1.90. The van der Waals surface area contributed by atoms with Crippen LogP contribution >= 0.6 is 11.8 Å². The number of thioether (sulfide) groups is 1. The summed E-state index contributed by atoms with van der Waals surface area (Å²) in [4.78, 5) is 15.0. The molecular formula is C21H25FN2O3S2. The smallest absolute Gasteiger partial charge is 0.253 e. The Labute approximate surface area is 175 Å². The second kappa shape index (κ2) is 9.28. The fourth-order valence-electron chi connectivity index (χ4n) is 3.38. The molecule has 0 aromatic heterocycles. The van der Waals surface area contributed by atoms with E-state index in [2.05, 4.69) is 0 Å². The molecule has 0 aliphatic carbocycles. The molecule has 0 spiro atoms. The van der Waals surface area contributed by atoms with Crippen molar-refractivity contribution in [3.63, 3.8) is 0 Å². The van der Waals surface area contributed by atoms with Crippen LogP contribution in [0.4, 0.5) is 4.39 Å². The Morgan fingerprint density at radius 1 is 1.10 bits per heavy atom. The summed E-state index contributed by atoms with van der Waals surface area (Å²) in [5.74, 6) is -1.18. The van der Waals surface area contributed by atoms with Crippen LogP contribution in [0.1, 0.15) is 35.2 Å². The van der Waals surface area contributed by atoms with Gasteiger partial charge in [0.15, 0.2) is 0 Å². The van der Waals surface area contributed by atoms with Crippen molar-refractivity contribution in [2.24, 2.45) is 0 Å². The lowest BCUT2D eigenvalue weighted by molar-refractivity contribution is 0.0784. The Morgan fingerprint density at radius 3 is 2.38 bits per heavy atom. The fraction of sp³-hybridized carbons (Fsp3) is 0.381. The normalized spacial score (nSPS) is 15.3. The van der Waals surface area contributed by atoms with E-state index in [0.717, 1.165) is 41.9 Å². The monoisotopic (exact) mass is 436 g/mol. The lowest BCUT2D eigenvalue weighted by Crippen LogP contribution is -2.36. The van der Waals surface area contributed by atoms with Gasteiger partial charge in [-0.1, -0.05) is 18.6 Å². The van der Waals surface area contributed by atoms with Crippen LogP contribution in [0.3, 0.4) is 0 Å². The summed E-state index contributed by atoms with van der Waals surface area (Å²) in [5.41, 5.74) is 1.12. The van der Waals surface area contributed by atoms with E-state index in [9.17, 15) is 17.6 Å². The molecule has 1 aliphatic rings. The Balaban J connectivity index is 1.81. The number of benzene rings is 2. The molecular weight excluding hydrogens is 411 g/mol. The molecule has 0 saturated carbocycles. The van der Waals surface area contributed by atoms with Crippen molar-refractivity contribution in [1.29, 1.82) is 0 Å². The third-order valence-electron chi connectivity index (χ3n) is 5.04.